The van der Waals surface area contributed by atoms with Gasteiger partial charge in [-0.15, -0.1) is 0 Å². The van der Waals surface area contributed by atoms with Gasteiger partial charge in [0.25, 0.3) is 0 Å². The Bertz CT molecular complexity index is 171. The lowest BCUT2D eigenvalue weighted by Gasteiger charge is -2.01. The van der Waals surface area contributed by atoms with Gasteiger partial charge >= 0.3 is 0 Å². The van der Waals surface area contributed by atoms with Crippen molar-refractivity contribution in [3.63, 3.8) is 0 Å². The molecule has 2 heteroatoms. The second-order valence-corrected chi connectivity index (χ2v) is 3.25. The summed E-state index contributed by atoms with van der Waals surface area (Å²) in [7, 11) is 0. The number of rotatable bonds is 6. The summed E-state index contributed by atoms with van der Waals surface area (Å²) < 4.78 is 3.26. The minimum absolute atomic E-state index is 1.05. The van der Waals surface area contributed by atoms with Crippen LogP contribution in [-0.2, 0) is 0 Å². The predicted octanol–water partition coefficient (Wildman–Crippen LogP) is 3.28. The Balaban J connectivity index is 3.69. The Morgan fingerprint density at radius 3 is 2.83 bits per heavy atom. The quantitative estimate of drug-likeness (QED) is 0.385. The van der Waals surface area contributed by atoms with Gasteiger partial charge in [0.2, 0.25) is 0 Å². The van der Waals surface area contributed by atoms with E-state index in [0.29, 0.717) is 0 Å². The molecule has 0 spiro atoms. The third kappa shape index (κ3) is 6.25. The van der Waals surface area contributed by atoms with Gasteiger partial charge in [-0.3, -0.25) is 4.72 Å². The smallest absolute Gasteiger partial charge is 0.0185 e. The van der Waals surface area contributed by atoms with Gasteiger partial charge in [-0.05, 0) is 31.4 Å². The first-order valence-corrected chi connectivity index (χ1v) is 5.02. The molecule has 1 nitrogen and oxygen atoms in total. The van der Waals surface area contributed by atoms with Crippen molar-refractivity contribution in [3.8, 4) is 0 Å². The molecule has 0 fully saturated rings. The Morgan fingerprint density at radius 2 is 2.33 bits per heavy atom. The van der Waals surface area contributed by atoms with E-state index >= 15 is 0 Å². The lowest BCUT2D eigenvalue weighted by molar-refractivity contribution is 0.879. The van der Waals surface area contributed by atoms with Crippen molar-refractivity contribution >= 4 is 11.9 Å². The first kappa shape index (κ1) is 11.5. The highest BCUT2D eigenvalue weighted by molar-refractivity contribution is 8.01. The van der Waals surface area contributed by atoms with E-state index in [1.54, 1.807) is 18.0 Å². The second-order valence-electron chi connectivity index (χ2n) is 2.28. The monoisotopic (exact) mass is 183 g/mol. The van der Waals surface area contributed by atoms with Crippen LogP contribution in [0.15, 0.2) is 35.8 Å². The van der Waals surface area contributed by atoms with Gasteiger partial charge in [0.15, 0.2) is 0 Å². The van der Waals surface area contributed by atoms with E-state index in [4.69, 9.17) is 0 Å². The summed E-state index contributed by atoms with van der Waals surface area (Å²) in [6.45, 7) is 8.85. The third-order valence-corrected chi connectivity index (χ3v) is 2.18. The zero-order valence-electron chi connectivity index (χ0n) is 7.84. The van der Waals surface area contributed by atoms with Gasteiger partial charge in [0.1, 0.15) is 0 Å². The van der Waals surface area contributed by atoms with E-state index in [1.165, 1.54) is 4.91 Å². The van der Waals surface area contributed by atoms with Crippen molar-refractivity contribution in [2.24, 2.45) is 0 Å². The molecule has 1 N–H and O–H groups in total. The number of nitrogens with one attached hydrogen (secondary N) is 1. The van der Waals surface area contributed by atoms with Crippen LogP contribution in [0, 0.1) is 0 Å². The standard InChI is InChI=1S/C10H17NS/c1-4-7-8-10(6-3)12-11-9-5-2/h4,6-8,11H,1,5,9H2,2-3H3/b8-7-,10-6+. The first-order valence-electron chi connectivity index (χ1n) is 4.20. The van der Waals surface area contributed by atoms with Crippen LogP contribution in [0.5, 0.6) is 0 Å². The van der Waals surface area contributed by atoms with Gasteiger partial charge in [0.05, 0.1) is 0 Å². The molecule has 0 aromatic heterocycles. The summed E-state index contributed by atoms with van der Waals surface area (Å²) in [4.78, 5) is 1.23. The van der Waals surface area contributed by atoms with E-state index in [0.717, 1.165) is 13.0 Å². The summed E-state index contributed by atoms with van der Waals surface area (Å²) in [5.41, 5.74) is 0. The Kier molecular flexibility index (Phi) is 8.29. The molecule has 68 valence electrons. The van der Waals surface area contributed by atoms with Crippen molar-refractivity contribution in [2.45, 2.75) is 20.3 Å². The molecule has 0 aliphatic carbocycles. The normalized spacial score (nSPS) is 12.3. The van der Waals surface area contributed by atoms with Crippen molar-refractivity contribution in [2.75, 3.05) is 6.54 Å². The molecule has 0 amide bonds. The molecule has 0 aliphatic heterocycles. The topological polar surface area (TPSA) is 12.0 Å². The highest BCUT2D eigenvalue weighted by Gasteiger charge is 1.89. The largest absolute Gasteiger partial charge is 0.260 e. The second kappa shape index (κ2) is 8.62. The maximum Gasteiger partial charge on any atom is 0.0185 e. The summed E-state index contributed by atoms with van der Waals surface area (Å²) in [5.74, 6) is 0. The maximum absolute atomic E-state index is 3.62. The Morgan fingerprint density at radius 1 is 1.58 bits per heavy atom. The van der Waals surface area contributed by atoms with Crippen LogP contribution >= 0.6 is 11.9 Å². The van der Waals surface area contributed by atoms with Gasteiger partial charge in [0, 0.05) is 11.4 Å². The molecule has 0 atom stereocenters. The zero-order valence-corrected chi connectivity index (χ0v) is 8.66. The zero-order chi connectivity index (χ0) is 9.23. The SMILES string of the molecule is C=C/C=C\C(=C/C)SNCCC. The Labute approximate surface area is 79.8 Å². The minimum atomic E-state index is 1.05. The average molecular weight is 183 g/mol. The molecule has 0 unspecified atom stereocenters. The van der Waals surface area contributed by atoms with E-state index in [2.05, 4.69) is 24.3 Å². The van der Waals surface area contributed by atoms with E-state index < -0.39 is 0 Å². The van der Waals surface area contributed by atoms with Crippen molar-refractivity contribution in [1.82, 2.24) is 4.72 Å². The van der Waals surface area contributed by atoms with Crippen LogP contribution in [0.25, 0.3) is 0 Å². The van der Waals surface area contributed by atoms with Crippen LogP contribution in [0.4, 0.5) is 0 Å². The minimum Gasteiger partial charge on any atom is -0.260 e. The molecule has 0 aromatic rings. The molecule has 0 heterocycles. The maximum atomic E-state index is 3.62. The van der Waals surface area contributed by atoms with Crippen LogP contribution in [-0.4, -0.2) is 6.54 Å². The van der Waals surface area contributed by atoms with Crippen molar-refractivity contribution in [3.05, 3.63) is 35.8 Å². The van der Waals surface area contributed by atoms with E-state index in [1.807, 2.05) is 19.1 Å². The molecule has 0 radical (unpaired) electrons. The number of hydrogen-bond donors (Lipinski definition) is 1. The summed E-state index contributed by atoms with van der Waals surface area (Å²) in [6.07, 6.45) is 9.00. The van der Waals surface area contributed by atoms with Gasteiger partial charge in [-0.25, -0.2) is 0 Å². The highest BCUT2D eigenvalue weighted by atomic mass is 32.2. The van der Waals surface area contributed by atoms with Crippen molar-refractivity contribution in [1.29, 1.82) is 0 Å². The average Bonchev–Trinajstić information content (AvgIpc) is 2.11. The lowest BCUT2D eigenvalue weighted by atomic mass is 10.4. The number of hydrogen-bond acceptors (Lipinski definition) is 2. The molecular formula is C10H17NS. The van der Waals surface area contributed by atoms with Crippen LogP contribution < -0.4 is 4.72 Å². The van der Waals surface area contributed by atoms with Gasteiger partial charge in [-0.2, -0.15) is 0 Å². The van der Waals surface area contributed by atoms with Gasteiger partial charge < -0.3 is 0 Å². The van der Waals surface area contributed by atoms with Crippen molar-refractivity contribution < 1.29 is 0 Å². The number of allylic oxidation sites excluding steroid dienone is 4. The summed E-state index contributed by atoms with van der Waals surface area (Å²) in [6, 6.07) is 0. The first-order chi connectivity index (χ1) is 5.85. The predicted molar refractivity (Wildman–Crippen MR) is 59.0 cm³/mol. The fourth-order valence-electron chi connectivity index (χ4n) is 0.588. The van der Waals surface area contributed by atoms with Crippen LogP contribution in [0.2, 0.25) is 0 Å². The fraction of sp³-hybridized carbons (Fsp3) is 0.400. The fourth-order valence-corrected chi connectivity index (χ4v) is 1.33. The van der Waals surface area contributed by atoms with E-state index in [-0.39, 0.29) is 0 Å². The molecule has 0 saturated carbocycles. The molecule has 0 aromatic carbocycles. The molecule has 0 aliphatic rings. The molecule has 0 saturated heterocycles. The van der Waals surface area contributed by atoms with Crippen LogP contribution in [0.1, 0.15) is 20.3 Å². The summed E-state index contributed by atoms with van der Waals surface area (Å²) in [5, 5.41) is 0. The van der Waals surface area contributed by atoms with Gasteiger partial charge in [-0.1, -0.05) is 31.7 Å². The highest BCUT2D eigenvalue weighted by Crippen LogP contribution is 2.12. The molecular weight excluding hydrogens is 166 g/mol. The lowest BCUT2D eigenvalue weighted by Crippen LogP contribution is -2.03. The third-order valence-electron chi connectivity index (χ3n) is 1.22. The molecule has 12 heavy (non-hydrogen) atoms. The Hall–Kier alpha value is -0.470. The molecule has 0 bridgehead atoms. The van der Waals surface area contributed by atoms with E-state index in [9.17, 15) is 0 Å². The summed E-state index contributed by atoms with van der Waals surface area (Å²) >= 11 is 1.66. The molecule has 0 rings (SSSR count). The van der Waals surface area contributed by atoms with Crippen LogP contribution in [0.3, 0.4) is 0 Å².